The molecule has 4 rings (SSSR count). The fraction of sp³-hybridized carbons (Fsp3) is 0.208. The van der Waals surface area contributed by atoms with Gasteiger partial charge in [0.1, 0.15) is 0 Å². The van der Waals surface area contributed by atoms with Crippen LogP contribution in [0.25, 0.3) is 0 Å². The predicted octanol–water partition coefficient (Wildman–Crippen LogP) is 3.29. The van der Waals surface area contributed by atoms with Crippen molar-refractivity contribution in [3.63, 3.8) is 0 Å². The Balaban J connectivity index is 1.40. The van der Waals surface area contributed by atoms with E-state index in [1.54, 1.807) is 36.7 Å². The lowest BCUT2D eigenvalue weighted by molar-refractivity contribution is 0.0629. The van der Waals surface area contributed by atoms with Gasteiger partial charge < -0.3 is 10.2 Å². The molecule has 1 aliphatic rings. The molecular formula is C24H24N4O2. The molecule has 1 fully saturated rings. The lowest BCUT2D eigenvalue weighted by Crippen LogP contribution is -2.48. The molecule has 0 bridgehead atoms. The number of nitrogens with zero attached hydrogens (tertiary/aromatic N) is 3. The van der Waals surface area contributed by atoms with Gasteiger partial charge in [0.15, 0.2) is 0 Å². The van der Waals surface area contributed by atoms with Crippen LogP contribution in [0.15, 0.2) is 79.1 Å². The summed E-state index contributed by atoms with van der Waals surface area (Å²) in [5.41, 5.74) is 2.82. The monoisotopic (exact) mass is 400 g/mol. The van der Waals surface area contributed by atoms with Crippen molar-refractivity contribution in [3.8, 4) is 0 Å². The number of rotatable bonds is 5. The minimum Gasteiger partial charge on any atom is -0.336 e. The van der Waals surface area contributed by atoms with Crippen molar-refractivity contribution in [1.82, 2.24) is 14.8 Å². The molecule has 0 aliphatic carbocycles. The van der Waals surface area contributed by atoms with Crippen LogP contribution in [-0.2, 0) is 6.54 Å². The van der Waals surface area contributed by atoms with E-state index in [4.69, 9.17) is 0 Å². The predicted molar refractivity (Wildman–Crippen MR) is 116 cm³/mol. The van der Waals surface area contributed by atoms with Crippen molar-refractivity contribution in [3.05, 3.63) is 95.8 Å². The number of para-hydroxylation sites is 1. The molecule has 0 spiro atoms. The molecule has 1 N–H and O–H groups in total. The van der Waals surface area contributed by atoms with Crippen molar-refractivity contribution in [1.29, 1.82) is 0 Å². The van der Waals surface area contributed by atoms with Crippen LogP contribution in [0.1, 0.15) is 26.3 Å². The van der Waals surface area contributed by atoms with E-state index in [1.807, 2.05) is 35.2 Å². The number of aromatic nitrogens is 1. The summed E-state index contributed by atoms with van der Waals surface area (Å²) >= 11 is 0. The summed E-state index contributed by atoms with van der Waals surface area (Å²) < 4.78 is 0. The van der Waals surface area contributed by atoms with Crippen LogP contribution in [0.2, 0.25) is 0 Å². The molecule has 2 aromatic carbocycles. The fourth-order valence-corrected chi connectivity index (χ4v) is 3.60. The Bertz CT molecular complexity index is 1000. The minimum absolute atomic E-state index is 0.0556. The van der Waals surface area contributed by atoms with Gasteiger partial charge in [0.05, 0.1) is 11.3 Å². The highest BCUT2D eigenvalue weighted by Gasteiger charge is 2.24. The quantitative estimate of drug-likeness (QED) is 0.714. The van der Waals surface area contributed by atoms with Crippen LogP contribution in [0.4, 0.5) is 5.69 Å². The molecular weight excluding hydrogens is 376 g/mol. The lowest BCUT2D eigenvalue weighted by atomic mass is 10.1. The smallest absolute Gasteiger partial charge is 0.256 e. The Kier molecular flexibility index (Phi) is 6.15. The number of piperazine rings is 1. The van der Waals surface area contributed by atoms with Crippen molar-refractivity contribution in [2.24, 2.45) is 0 Å². The first-order chi connectivity index (χ1) is 14.7. The first kappa shape index (κ1) is 19.8. The zero-order valence-electron chi connectivity index (χ0n) is 16.7. The number of nitrogens with one attached hydrogen (secondary N) is 1. The lowest BCUT2D eigenvalue weighted by Gasteiger charge is -2.35. The highest BCUT2D eigenvalue weighted by Crippen LogP contribution is 2.20. The van der Waals surface area contributed by atoms with Crippen molar-refractivity contribution >= 4 is 17.5 Å². The molecule has 1 aliphatic heterocycles. The number of pyridine rings is 1. The SMILES string of the molecule is O=C(Nc1ccccc1C(=O)N1CCN(Cc2ccccc2)CC1)c1ccncc1. The van der Waals surface area contributed by atoms with Crippen molar-refractivity contribution in [2.75, 3.05) is 31.5 Å². The molecule has 0 atom stereocenters. The average molecular weight is 400 g/mol. The topological polar surface area (TPSA) is 65.5 Å². The Morgan fingerprint density at radius 3 is 2.23 bits per heavy atom. The number of carbonyl (C=O) groups excluding carboxylic acids is 2. The molecule has 152 valence electrons. The maximum Gasteiger partial charge on any atom is 0.256 e. The van der Waals surface area contributed by atoms with Gasteiger partial charge in [0.2, 0.25) is 0 Å². The van der Waals surface area contributed by atoms with Gasteiger partial charge in [-0.25, -0.2) is 0 Å². The largest absolute Gasteiger partial charge is 0.336 e. The number of hydrogen-bond acceptors (Lipinski definition) is 4. The van der Waals surface area contributed by atoms with Gasteiger partial charge in [0.25, 0.3) is 11.8 Å². The van der Waals surface area contributed by atoms with Gasteiger partial charge >= 0.3 is 0 Å². The van der Waals surface area contributed by atoms with Crippen LogP contribution in [0.5, 0.6) is 0 Å². The second-order valence-corrected chi connectivity index (χ2v) is 7.29. The van der Waals surface area contributed by atoms with E-state index in [-0.39, 0.29) is 11.8 Å². The first-order valence-corrected chi connectivity index (χ1v) is 10.1. The molecule has 0 unspecified atom stereocenters. The van der Waals surface area contributed by atoms with Gasteiger partial charge in [-0.1, -0.05) is 42.5 Å². The molecule has 2 heterocycles. The van der Waals surface area contributed by atoms with Gasteiger partial charge in [-0.15, -0.1) is 0 Å². The number of anilines is 1. The summed E-state index contributed by atoms with van der Waals surface area (Å²) in [4.78, 5) is 33.8. The molecule has 6 nitrogen and oxygen atoms in total. The van der Waals surface area contributed by atoms with E-state index in [0.29, 0.717) is 29.9 Å². The fourth-order valence-electron chi connectivity index (χ4n) is 3.60. The van der Waals surface area contributed by atoms with Gasteiger partial charge in [-0.05, 0) is 29.8 Å². The van der Waals surface area contributed by atoms with Gasteiger partial charge in [-0.2, -0.15) is 0 Å². The molecule has 2 amide bonds. The molecule has 3 aromatic rings. The number of amides is 2. The molecule has 1 saturated heterocycles. The molecule has 30 heavy (non-hydrogen) atoms. The summed E-state index contributed by atoms with van der Waals surface area (Å²) in [5, 5.41) is 2.86. The number of hydrogen-bond donors (Lipinski definition) is 1. The molecule has 0 saturated carbocycles. The standard InChI is InChI=1S/C24H24N4O2/c29-23(20-10-12-25-13-11-20)26-22-9-5-4-8-21(22)24(30)28-16-14-27(15-17-28)18-19-6-2-1-3-7-19/h1-13H,14-18H2,(H,26,29). The second kappa shape index (κ2) is 9.33. The highest BCUT2D eigenvalue weighted by molar-refractivity contribution is 6.08. The summed E-state index contributed by atoms with van der Waals surface area (Å²) in [5.74, 6) is -0.315. The van der Waals surface area contributed by atoms with Gasteiger partial charge in [0, 0.05) is 50.7 Å². The van der Waals surface area contributed by atoms with Crippen LogP contribution < -0.4 is 5.32 Å². The Morgan fingerprint density at radius 1 is 0.833 bits per heavy atom. The van der Waals surface area contributed by atoms with Gasteiger partial charge in [-0.3, -0.25) is 19.5 Å². The van der Waals surface area contributed by atoms with E-state index in [9.17, 15) is 9.59 Å². The molecule has 1 aromatic heterocycles. The summed E-state index contributed by atoms with van der Waals surface area (Å²) in [7, 11) is 0. The normalized spacial score (nSPS) is 14.3. The van der Waals surface area contributed by atoms with Crippen LogP contribution in [-0.4, -0.2) is 52.8 Å². The van der Waals surface area contributed by atoms with Crippen LogP contribution in [0.3, 0.4) is 0 Å². The molecule has 6 heteroatoms. The Morgan fingerprint density at radius 2 is 1.50 bits per heavy atom. The summed E-state index contributed by atoms with van der Waals surface area (Å²) in [6, 6.07) is 20.8. The third-order valence-corrected chi connectivity index (χ3v) is 5.26. The van der Waals surface area contributed by atoms with Crippen LogP contribution >= 0.6 is 0 Å². The second-order valence-electron chi connectivity index (χ2n) is 7.29. The van der Waals surface area contributed by atoms with Crippen molar-refractivity contribution in [2.45, 2.75) is 6.54 Å². The number of benzene rings is 2. The maximum atomic E-state index is 13.1. The highest BCUT2D eigenvalue weighted by atomic mass is 16.2. The van der Waals surface area contributed by atoms with Crippen molar-refractivity contribution < 1.29 is 9.59 Å². The van der Waals surface area contributed by atoms with E-state index < -0.39 is 0 Å². The van der Waals surface area contributed by atoms with Crippen LogP contribution in [0, 0.1) is 0 Å². The van der Waals surface area contributed by atoms with E-state index >= 15 is 0 Å². The maximum absolute atomic E-state index is 13.1. The summed E-state index contributed by atoms with van der Waals surface area (Å²) in [6.45, 7) is 3.87. The Labute approximate surface area is 176 Å². The number of carbonyl (C=O) groups is 2. The third-order valence-electron chi connectivity index (χ3n) is 5.26. The first-order valence-electron chi connectivity index (χ1n) is 10.1. The van der Waals surface area contributed by atoms with E-state index in [2.05, 4.69) is 27.3 Å². The average Bonchev–Trinajstić information content (AvgIpc) is 2.81. The summed E-state index contributed by atoms with van der Waals surface area (Å²) in [6.07, 6.45) is 3.14. The molecule has 0 radical (unpaired) electrons. The zero-order chi connectivity index (χ0) is 20.8. The Hall–Kier alpha value is -3.51. The zero-order valence-corrected chi connectivity index (χ0v) is 16.7. The van der Waals surface area contributed by atoms with E-state index in [1.165, 1.54) is 5.56 Å². The van der Waals surface area contributed by atoms with E-state index in [0.717, 1.165) is 19.6 Å². The minimum atomic E-state index is -0.259. The third kappa shape index (κ3) is 4.72.